The lowest BCUT2D eigenvalue weighted by Crippen LogP contribution is -1.72. The Hall–Kier alpha value is -0.195. The van der Waals surface area contributed by atoms with Crippen molar-refractivity contribution in [2.24, 2.45) is 5.92 Å². The average Bonchev–Trinajstić information content (AvgIpc) is 2.22. The summed E-state index contributed by atoms with van der Waals surface area (Å²) in [4.78, 5) is 0. The van der Waals surface area contributed by atoms with Gasteiger partial charge in [-0.3, -0.25) is 0 Å². The van der Waals surface area contributed by atoms with Crippen molar-refractivity contribution < 1.29 is 0 Å². The second kappa shape index (κ2) is 1.73. The first-order valence-electron chi connectivity index (χ1n) is 2.72. The first-order valence-corrected chi connectivity index (χ1v) is 2.72. The van der Waals surface area contributed by atoms with Gasteiger partial charge < -0.3 is 0 Å². The van der Waals surface area contributed by atoms with Crippen LogP contribution in [0.2, 0.25) is 6.32 Å². The van der Waals surface area contributed by atoms with Crippen molar-refractivity contribution in [1.29, 1.82) is 0 Å². The van der Waals surface area contributed by atoms with Gasteiger partial charge in [0.1, 0.15) is 0 Å². The van der Waals surface area contributed by atoms with E-state index in [1.807, 2.05) is 0 Å². The molecule has 0 aromatic rings. The molecule has 0 amide bonds. The molecule has 0 aromatic carbocycles. The lowest BCUT2D eigenvalue weighted by Gasteiger charge is -1.83. The summed E-state index contributed by atoms with van der Waals surface area (Å²) in [5.41, 5.74) is 1.39. The zero-order chi connectivity index (χ0) is 5.28. The predicted molar refractivity (Wildman–Crippen MR) is 32.4 cm³/mol. The second-order valence-corrected chi connectivity index (χ2v) is 2.14. The van der Waals surface area contributed by atoms with Crippen molar-refractivity contribution in [2.45, 2.75) is 19.2 Å². The molecule has 1 rings (SSSR count). The molecule has 1 atom stereocenters. The maximum atomic E-state index is 5.29. The van der Waals surface area contributed by atoms with Crippen LogP contribution in [-0.4, -0.2) is 7.85 Å². The molecular weight excluding hydrogens is 82.9 g/mol. The normalized spacial score (nSPS) is 28.0. The third-order valence-corrected chi connectivity index (χ3v) is 1.44. The van der Waals surface area contributed by atoms with E-state index in [-0.39, 0.29) is 0 Å². The van der Waals surface area contributed by atoms with Crippen molar-refractivity contribution in [3.63, 3.8) is 0 Å². The van der Waals surface area contributed by atoms with E-state index in [1.165, 1.54) is 12.0 Å². The van der Waals surface area contributed by atoms with Gasteiger partial charge in [-0.05, 0) is 12.3 Å². The highest BCUT2D eigenvalue weighted by Gasteiger charge is 2.24. The molecule has 0 bridgehead atoms. The van der Waals surface area contributed by atoms with Crippen LogP contribution in [0.4, 0.5) is 0 Å². The molecule has 1 heteroatoms. The lowest BCUT2D eigenvalue weighted by molar-refractivity contribution is 0.825. The molecule has 0 heterocycles. The number of allylic oxidation sites excluding steroid dienone is 1. The molecule has 1 aliphatic rings. The van der Waals surface area contributed by atoms with Gasteiger partial charge in [-0.15, -0.1) is 0 Å². The fourth-order valence-corrected chi connectivity index (χ4v) is 0.765. The third kappa shape index (κ3) is 1.08. The fraction of sp³-hybridized carbons (Fsp3) is 0.667. The van der Waals surface area contributed by atoms with Gasteiger partial charge in [0, 0.05) is 0 Å². The first-order chi connectivity index (χ1) is 3.34. The zero-order valence-corrected chi connectivity index (χ0v) is 4.48. The predicted octanol–water partition coefficient (Wildman–Crippen LogP) is 1.54. The molecule has 1 unspecified atom stereocenters. The Morgan fingerprint density at radius 2 is 2.43 bits per heavy atom. The highest BCUT2D eigenvalue weighted by molar-refractivity contribution is 6.08. The van der Waals surface area contributed by atoms with E-state index in [9.17, 15) is 0 Å². The lowest BCUT2D eigenvalue weighted by atomic mass is 9.99. The summed E-state index contributed by atoms with van der Waals surface area (Å²) in [5, 5.41) is 0. The number of hydrogen-bond donors (Lipinski definition) is 0. The van der Waals surface area contributed by atoms with Crippen LogP contribution in [0.15, 0.2) is 12.2 Å². The second-order valence-electron chi connectivity index (χ2n) is 2.14. The fourth-order valence-electron chi connectivity index (χ4n) is 0.765. The Kier molecular flexibility index (Phi) is 1.22. The van der Waals surface area contributed by atoms with Gasteiger partial charge in [-0.1, -0.05) is 24.9 Å². The highest BCUT2D eigenvalue weighted by Crippen LogP contribution is 2.39. The van der Waals surface area contributed by atoms with Crippen LogP contribution in [0.5, 0.6) is 0 Å². The molecule has 1 saturated carbocycles. The van der Waals surface area contributed by atoms with Gasteiger partial charge in [0.15, 0.2) is 0 Å². The maximum absolute atomic E-state index is 5.29. The van der Waals surface area contributed by atoms with Gasteiger partial charge in [0.05, 0.1) is 7.85 Å². The van der Waals surface area contributed by atoms with E-state index >= 15 is 0 Å². The van der Waals surface area contributed by atoms with Crippen molar-refractivity contribution in [2.75, 3.05) is 0 Å². The topological polar surface area (TPSA) is 0 Å². The van der Waals surface area contributed by atoms with E-state index in [4.69, 9.17) is 7.85 Å². The Morgan fingerprint density at radius 1 is 1.86 bits per heavy atom. The largest absolute Gasteiger partial charge is 0.0995 e. The summed E-state index contributed by atoms with van der Waals surface area (Å²) in [6.45, 7) is 3.81. The maximum Gasteiger partial charge on any atom is 0.0653 e. The zero-order valence-electron chi connectivity index (χ0n) is 4.48. The van der Waals surface area contributed by atoms with Gasteiger partial charge in [-0.25, -0.2) is 0 Å². The van der Waals surface area contributed by atoms with Crippen molar-refractivity contribution in [1.82, 2.24) is 0 Å². The summed E-state index contributed by atoms with van der Waals surface area (Å²) in [6, 6.07) is 0. The van der Waals surface area contributed by atoms with Crippen LogP contribution in [0, 0.1) is 5.92 Å². The van der Waals surface area contributed by atoms with Gasteiger partial charge >= 0.3 is 0 Å². The van der Waals surface area contributed by atoms with Crippen LogP contribution >= 0.6 is 0 Å². The monoisotopic (exact) mass is 92.1 g/mol. The van der Waals surface area contributed by atoms with Crippen LogP contribution < -0.4 is 0 Å². The minimum Gasteiger partial charge on any atom is -0.0995 e. The van der Waals surface area contributed by atoms with E-state index in [0.29, 0.717) is 0 Å². The Balaban J connectivity index is 2.09. The molecule has 36 valence electrons. The SMILES string of the molecule is [B]CCC1CC1=C. The van der Waals surface area contributed by atoms with Crippen LogP contribution in [-0.2, 0) is 0 Å². The van der Waals surface area contributed by atoms with E-state index < -0.39 is 0 Å². The van der Waals surface area contributed by atoms with E-state index in [2.05, 4.69) is 6.58 Å². The molecule has 7 heavy (non-hydrogen) atoms. The number of rotatable bonds is 2. The molecule has 0 aliphatic heterocycles. The molecule has 1 fully saturated rings. The number of hydrogen-bond acceptors (Lipinski definition) is 0. The molecule has 1 aliphatic carbocycles. The molecule has 0 spiro atoms. The smallest absolute Gasteiger partial charge is 0.0653 e. The minimum atomic E-state index is 0.796. The quantitative estimate of drug-likeness (QED) is 0.358. The summed E-state index contributed by atoms with van der Waals surface area (Å²) in [5.74, 6) is 0.796. The minimum absolute atomic E-state index is 0.796. The first kappa shape index (κ1) is 4.95. The summed E-state index contributed by atoms with van der Waals surface area (Å²) < 4.78 is 0. The molecule has 0 N–H and O–H groups in total. The van der Waals surface area contributed by atoms with Crippen LogP contribution in [0.25, 0.3) is 0 Å². The molecule has 0 saturated heterocycles. The molecule has 0 nitrogen and oxygen atoms in total. The standard InChI is InChI=1S/C6H9B/c1-5-4-6(5)2-3-7/h6H,1-4H2. The Labute approximate surface area is 46.0 Å². The summed E-state index contributed by atoms with van der Waals surface area (Å²) in [6.07, 6.45) is 3.21. The van der Waals surface area contributed by atoms with E-state index in [1.54, 1.807) is 0 Å². The van der Waals surface area contributed by atoms with Crippen LogP contribution in [0.1, 0.15) is 12.8 Å². The molecule has 2 radical (unpaired) electrons. The summed E-state index contributed by atoms with van der Waals surface area (Å²) in [7, 11) is 5.29. The van der Waals surface area contributed by atoms with Crippen molar-refractivity contribution in [3.8, 4) is 0 Å². The van der Waals surface area contributed by atoms with Gasteiger partial charge in [0.2, 0.25) is 0 Å². The van der Waals surface area contributed by atoms with Crippen LogP contribution in [0.3, 0.4) is 0 Å². The average molecular weight is 92.0 g/mol. The van der Waals surface area contributed by atoms with Crippen molar-refractivity contribution >= 4 is 7.85 Å². The van der Waals surface area contributed by atoms with Crippen molar-refractivity contribution in [3.05, 3.63) is 12.2 Å². The molecular formula is C6H9B. The Morgan fingerprint density at radius 3 is 2.57 bits per heavy atom. The van der Waals surface area contributed by atoms with Gasteiger partial charge in [0.25, 0.3) is 0 Å². The molecule has 0 aromatic heterocycles. The summed E-state index contributed by atoms with van der Waals surface area (Å²) >= 11 is 0. The third-order valence-electron chi connectivity index (χ3n) is 1.44. The highest BCUT2D eigenvalue weighted by atomic mass is 14.3. The van der Waals surface area contributed by atoms with Gasteiger partial charge in [-0.2, -0.15) is 0 Å². The Bertz CT molecular complexity index is 86.2. The van der Waals surface area contributed by atoms with E-state index in [0.717, 1.165) is 18.7 Å².